The summed E-state index contributed by atoms with van der Waals surface area (Å²) < 4.78 is 36.4. The highest BCUT2D eigenvalue weighted by Crippen LogP contribution is 2.29. The second-order valence-electron chi connectivity index (χ2n) is 5.39. The van der Waals surface area contributed by atoms with Crippen molar-refractivity contribution in [2.75, 3.05) is 0 Å². The lowest BCUT2D eigenvalue weighted by Gasteiger charge is -2.06. The van der Waals surface area contributed by atoms with E-state index in [4.69, 9.17) is 10.4 Å². The van der Waals surface area contributed by atoms with Gasteiger partial charge in [0.1, 0.15) is 0 Å². The smallest absolute Gasteiger partial charge is 0.416 e. The molecule has 25 heavy (non-hydrogen) atoms. The normalized spacial score (nSPS) is 13.6. The summed E-state index contributed by atoms with van der Waals surface area (Å²) in [6.07, 6.45) is 4.59. The molecule has 0 spiro atoms. The van der Waals surface area contributed by atoms with Crippen LogP contribution in [0.2, 0.25) is 0 Å². The van der Waals surface area contributed by atoms with Gasteiger partial charge in [0, 0.05) is 12.0 Å². The van der Waals surface area contributed by atoms with Crippen molar-refractivity contribution in [3.05, 3.63) is 70.8 Å². The number of alkyl halides is 3. The van der Waals surface area contributed by atoms with Crippen molar-refractivity contribution in [3.8, 4) is 6.07 Å². The zero-order chi connectivity index (χ0) is 18.9. The Balaban J connectivity index is 0.000000271. The molecule has 1 aromatic carbocycles. The molecule has 0 saturated heterocycles. The van der Waals surface area contributed by atoms with E-state index >= 15 is 0 Å². The molecule has 1 N–H and O–H groups in total. The van der Waals surface area contributed by atoms with Crippen molar-refractivity contribution in [2.24, 2.45) is 0 Å². The van der Waals surface area contributed by atoms with Gasteiger partial charge in [0.25, 0.3) is 0 Å². The van der Waals surface area contributed by atoms with Gasteiger partial charge in [-0.1, -0.05) is 35.9 Å². The first-order valence-corrected chi connectivity index (χ1v) is 7.55. The van der Waals surface area contributed by atoms with Crippen LogP contribution in [0.4, 0.5) is 13.2 Å². The van der Waals surface area contributed by atoms with E-state index < -0.39 is 17.7 Å². The van der Waals surface area contributed by atoms with E-state index in [0.29, 0.717) is 5.56 Å². The van der Waals surface area contributed by atoms with Gasteiger partial charge in [-0.25, -0.2) is 0 Å². The molecule has 0 bridgehead atoms. The number of hydrogen-bond donors (Lipinski definition) is 1. The van der Waals surface area contributed by atoms with Crippen molar-refractivity contribution in [3.63, 3.8) is 0 Å². The minimum absolute atomic E-state index is 0.0780. The monoisotopic (exact) mass is 349 g/mol. The SMILES string of the molecule is CC1=CC(C#N)=CCC=C1.O=C(O)CCc1ccc(C(F)(F)F)cc1. The van der Waals surface area contributed by atoms with Crippen LogP contribution in [0.3, 0.4) is 0 Å². The second-order valence-corrected chi connectivity index (χ2v) is 5.39. The lowest BCUT2D eigenvalue weighted by Crippen LogP contribution is -2.04. The molecule has 132 valence electrons. The third kappa shape index (κ3) is 8.02. The first kappa shape index (κ1) is 20.2. The molecule has 0 unspecified atom stereocenters. The molecule has 0 aromatic heterocycles. The van der Waals surface area contributed by atoms with Crippen LogP contribution in [0, 0.1) is 11.3 Å². The van der Waals surface area contributed by atoms with E-state index in [1.165, 1.54) is 12.1 Å². The Morgan fingerprint density at radius 2 is 1.92 bits per heavy atom. The number of carboxylic acids is 1. The Bertz CT molecular complexity index is 721. The van der Waals surface area contributed by atoms with Crippen LogP contribution in [0.25, 0.3) is 0 Å². The number of carbonyl (C=O) groups is 1. The molecule has 0 atom stereocenters. The highest BCUT2D eigenvalue weighted by molar-refractivity contribution is 5.67. The topological polar surface area (TPSA) is 61.1 Å². The summed E-state index contributed by atoms with van der Waals surface area (Å²) in [4.78, 5) is 10.2. The third-order valence-corrected chi connectivity index (χ3v) is 3.28. The predicted octanol–water partition coefficient (Wildman–Crippen LogP) is 5.07. The Morgan fingerprint density at radius 1 is 1.28 bits per heavy atom. The van der Waals surface area contributed by atoms with Gasteiger partial charge in [-0.3, -0.25) is 4.79 Å². The fourth-order valence-corrected chi connectivity index (χ4v) is 1.99. The molecule has 0 heterocycles. The van der Waals surface area contributed by atoms with Crippen LogP contribution < -0.4 is 0 Å². The summed E-state index contributed by atoms with van der Waals surface area (Å²) in [7, 11) is 0. The summed E-state index contributed by atoms with van der Waals surface area (Å²) >= 11 is 0. The zero-order valence-electron chi connectivity index (χ0n) is 13.7. The molecular formula is C19H18F3NO2. The minimum atomic E-state index is -4.34. The molecule has 1 aliphatic rings. The average molecular weight is 349 g/mol. The molecule has 0 amide bonds. The largest absolute Gasteiger partial charge is 0.481 e. The molecule has 6 heteroatoms. The Morgan fingerprint density at radius 3 is 2.44 bits per heavy atom. The standard InChI is InChI=1S/C10H9F3O2.C9H9N/c11-10(12,13)8-4-1-7(2-5-8)3-6-9(14)15;1-8-4-2-3-5-9(6-8)7-10/h1-2,4-5H,3,6H2,(H,14,15);2,4-6H,3H2,1H3. The number of allylic oxidation sites excluding steroid dienone is 6. The Labute approximate surface area is 144 Å². The van der Waals surface area contributed by atoms with Crippen LogP contribution in [0.1, 0.15) is 30.9 Å². The van der Waals surface area contributed by atoms with Crippen molar-refractivity contribution >= 4 is 5.97 Å². The number of nitrogens with zero attached hydrogens (tertiary/aromatic N) is 1. The number of aliphatic carboxylic acids is 1. The van der Waals surface area contributed by atoms with Crippen molar-refractivity contribution < 1.29 is 23.1 Å². The summed E-state index contributed by atoms with van der Waals surface area (Å²) in [5.41, 5.74) is 1.78. The van der Waals surface area contributed by atoms with Gasteiger partial charge >= 0.3 is 12.1 Å². The van der Waals surface area contributed by atoms with Gasteiger partial charge in [0.15, 0.2) is 0 Å². The molecule has 0 aliphatic heterocycles. The summed E-state index contributed by atoms with van der Waals surface area (Å²) in [6, 6.07) is 6.62. The summed E-state index contributed by atoms with van der Waals surface area (Å²) in [5, 5.41) is 16.9. The molecule has 1 aromatic rings. The minimum Gasteiger partial charge on any atom is -0.481 e. The summed E-state index contributed by atoms with van der Waals surface area (Å²) in [5.74, 6) is -0.963. The van der Waals surface area contributed by atoms with E-state index in [-0.39, 0.29) is 12.8 Å². The summed E-state index contributed by atoms with van der Waals surface area (Å²) in [6.45, 7) is 1.99. The molecule has 3 nitrogen and oxygen atoms in total. The number of carboxylic acid groups (broad SMARTS) is 1. The van der Waals surface area contributed by atoms with Crippen molar-refractivity contribution in [1.82, 2.24) is 0 Å². The molecule has 1 aliphatic carbocycles. The lowest BCUT2D eigenvalue weighted by molar-refractivity contribution is -0.138. The maximum absolute atomic E-state index is 12.1. The third-order valence-electron chi connectivity index (χ3n) is 3.28. The number of nitriles is 1. The first-order chi connectivity index (χ1) is 11.7. The number of aryl methyl sites for hydroxylation is 1. The first-order valence-electron chi connectivity index (χ1n) is 7.55. The number of hydrogen-bond acceptors (Lipinski definition) is 2. The lowest BCUT2D eigenvalue weighted by atomic mass is 10.1. The van der Waals surface area contributed by atoms with Crippen LogP contribution in [0.5, 0.6) is 0 Å². The quantitative estimate of drug-likeness (QED) is 0.829. The van der Waals surface area contributed by atoms with Gasteiger partial charge in [0.2, 0.25) is 0 Å². The number of benzene rings is 1. The fourth-order valence-electron chi connectivity index (χ4n) is 1.99. The fraction of sp³-hybridized carbons (Fsp3) is 0.263. The van der Waals surface area contributed by atoms with E-state index in [2.05, 4.69) is 12.1 Å². The van der Waals surface area contributed by atoms with Gasteiger partial charge < -0.3 is 5.11 Å². The van der Waals surface area contributed by atoms with Crippen LogP contribution >= 0.6 is 0 Å². The molecule has 2 rings (SSSR count). The van der Waals surface area contributed by atoms with Gasteiger partial charge in [0.05, 0.1) is 11.6 Å². The van der Waals surface area contributed by atoms with E-state index in [1.54, 1.807) is 0 Å². The number of rotatable bonds is 3. The average Bonchev–Trinajstić information content (AvgIpc) is 2.77. The van der Waals surface area contributed by atoms with Gasteiger partial charge in [-0.05, 0) is 43.5 Å². The molecule has 0 fully saturated rings. The van der Waals surface area contributed by atoms with E-state index in [1.807, 2.05) is 25.2 Å². The predicted molar refractivity (Wildman–Crippen MR) is 88.6 cm³/mol. The molecule has 0 radical (unpaired) electrons. The molecular weight excluding hydrogens is 331 g/mol. The Hall–Kier alpha value is -2.81. The van der Waals surface area contributed by atoms with Crippen molar-refractivity contribution in [1.29, 1.82) is 5.26 Å². The Kier molecular flexibility index (Phi) is 7.67. The highest BCUT2D eigenvalue weighted by atomic mass is 19.4. The second kappa shape index (κ2) is 9.48. The maximum atomic E-state index is 12.1. The van der Waals surface area contributed by atoms with Gasteiger partial charge in [-0.15, -0.1) is 0 Å². The van der Waals surface area contributed by atoms with E-state index in [9.17, 15) is 18.0 Å². The van der Waals surface area contributed by atoms with Crippen molar-refractivity contribution in [2.45, 2.75) is 32.4 Å². The molecule has 0 saturated carbocycles. The zero-order valence-corrected chi connectivity index (χ0v) is 13.7. The maximum Gasteiger partial charge on any atom is 0.416 e. The number of halogens is 3. The van der Waals surface area contributed by atoms with Crippen LogP contribution in [-0.4, -0.2) is 11.1 Å². The van der Waals surface area contributed by atoms with Crippen LogP contribution in [-0.2, 0) is 17.4 Å². The van der Waals surface area contributed by atoms with Gasteiger partial charge in [-0.2, -0.15) is 18.4 Å². The van der Waals surface area contributed by atoms with E-state index in [0.717, 1.165) is 29.7 Å². The van der Waals surface area contributed by atoms with Crippen LogP contribution in [0.15, 0.2) is 59.7 Å². The highest BCUT2D eigenvalue weighted by Gasteiger charge is 2.29.